The second-order valence-electron chi connectivity index (χ2n) is 6.25. The van der Waals surface area contributed by atoms with Gasteiger partial charge in [0.25, 0.3) is 5.91 Å². The predicted molar refractivity (Wildman–Crippen MR) is 88.0 cm³/mol. The zero-order chi connectivity index (χ0) is 16.1. The molecule has 1 aliphatic rings. The molecule has 2 rings (SSSR count). The first-order chi connectivity index (χ1) is 10.5. The van der Waals surface area contributed by atoms with Gasteiger partial charge in [-0.25, -0.2) is 4.79 Å². The van der Waals surface area contributed by atoms with E-state index in [2.05, 4.69) is 17.6 Å². The van der Waals surface area contributed by atoms with Crippen LogP contribution in [0.3, 0.4) is 0 Å². The van der Waals surface area contributed by atoms with E-state index in [0.717, 1.165) is 12.8 Å². The van der Waals surface area contributed by atoms with E-state index >= 15 is 0 Å². The number of hydrogen-bond donors (Lipinski definition) is 2. The SMILES string of the molecule is C[C@H]1CCCC[C@@H]1NC(=O)Nc1cccc(C(=O)N(C)C)c1. The van der Waals surface area contributed by atoms with Crippen LogP contribution in [0.1, 0.15) is 43.0 Å². The molecule has 0 saturated heterocycles. The lowest BCUT2D eigenvalue weighted by Gasteiger charge is -2.29. The van der Waals surface area contributed by atoms with E-state index in [9.17, 15) is 9.59 Å². The summed E-state index contributed by atoms with van der Waals surface area (Å²) in [6.07, 6.45) is 4.61. The molecule has 0 heterocycles. The second kappa shape index (κ2) is 7.29. The lowest BCUT2D eigenvalue weighted by atomic mass is 9.86. The van der Waals surface area contributed by atoms with E-state index in [1.54, 1.807) is 38.4 Å². The van der Waals surface area contributed by atoms with Crippen molar-refractivity contribution in [3.8, 4) is 0 Å². The molecule has 3 amide bonds. The van der Waals surface area contributed by atoms with Crippen molar-refractivity contribution in [3.05, 3.63) is 29.8 Å². The van der Waals surface area contributed by atoms with E-state index in [-0.39, 0.29) is 18.0 Å². The molecule has 120 valence electrons. The fourth-order valence-electron chi connectivity index (χ4n) is 2.85. The number of carbonyl (C=O) groups is 2. The van der Waals surface area contributed by atoms with Crippen LogP contribution in [0.4, 0.5) is 10.5 Å². The van der Waals surface area contributed by atoms with E-state index in [1.165, 1.54) is 17.7 Å². The molecule has 1 saturated carbocycles. The summed E-state index contributed by atoms with van der Waals surface area (Å²) in [5.41, 5.74) is 1.20. The van der Waals surface area contributed by atoms with Crippen LogP contribution >= 0.6 is 0 Å². The number of hydrogen-bond acceptors (Lipinski definition) is 2. The summed E-state index contributed by atoms with van der Waals surface area (Å²) in [5, 5.41) is 5.87. The molecule has 1 aromatic carbocycles. The third kappa shape index (κ3) is 4.23. The average molecular weight is 303 g/mol. The summed E-state index contributed by atoms with van der Waals surface area (Å²) < 4.78 is 0. The van der Waals surface area contributed by atoms with Crippen molar-refractivity contribution in [3.63, 3.8) is 0 Å². The van der Waals surface area contributed by atoms with E-state index in [4.69, 9.17) is 0 Å². The average Bonchev–Trinajstić information content (AvgIpc) is 2.49. The van der Waals surface area contributed by atoms with Gasteiger partial charge in [-0.15, -0.1) is 0 Å². The number of amides is 3. The van der Waals surface area contributed by atoms with E-state index in [0.29, 0.717) is 17.2 Å². The third-order valence-electron chi connectivity index (χ3n) is 4.20. The van der Waals surface area contributed by atoms with Crippen LogP contribution in [0.25, 0.3) is 0 Å². The summed E-state index contributed by atoms with van der Waals surface area (Å²) in [4.78, 5) is 25.6. The van der Waals surface area contributed by atoms with Crippen molar-refractivity contribution in [2.75, 3.05) is 19.4 Å². The van der Waals surface area contributed by atoms with Gasteiger partial charge in [0.2, 0.25) is 0 Å². The maximum Gasteiger partial charge on any atom is 0.319 e. The second-order valence-corrected chi connectivity index (χ2v) is 6.25. The summed E-state index contributed by atoms with van der Waals surface area (Å²) in [6.45, 7) is 2.18. The number of benzene rings is 1. The number of rotatable bonds is 3. The Bertz CT molecular complexity index is 542. The summed E-state index contributed by atoms with van der Waals surface area (Å²) in [7, 11) is 3.42. The van der Waals surface area contributed by atoms with Gasteiger partial charge in [-0.05, 0) is 37.0 Å². The normalized spacial score (nSPS) is 21.0. The molecule has 5 heteroatoms. The lowest BCUT2D eigenvalue weighted by Crippen LogP contribution is -2.43. The van der Waals surface area contributed by atoms with Gasteiger partial charge in [-0.2, -0.15) is 0 Å². The molecule has 2 atom stereocenters. The Morgan fingerprint density at radius 1 is 1.18 bits per heavy atom. The van der Waals surface area contributed by atoms with Crippen LogP contribution in [0, 0.1) is 5.92 Å². The van der Waals surface area contributed by atoms with E-state index in [1.807, 2.05) is 0 Å². The zero-order valence-electron chi connectivity index (χ0n) is 13.6. The highest BCUT2D eigenvalue weighted by atomic mass is 16.2. The van der Waals surface area contributed by atoms with Crippen LogP contribution < -0.4 is 10.6 Å². The largest absolute Gasteiger partial charge is 0.345 e. The Hall–Kier alpha value is -2.04. The monoisotopic (exact) mass is 303 g/mol. The van der Waals surface area contributed by atoms with Gasteiger partial charge in [0, 0.05) is 31.4 Å². The molecule has 1 fully saturated rings. The summed E-state index contributed by atoms with van der Waals surface area (Å²) in [6, 6.07) is 7.04. The van der Waals surface area contributed by atoms with Crippen LogP contribution in [0.15, 0.2) is 24.3 Å². The first-order valence-corrected chi connectivity index (χ1v) is 7.86. The Morgan fingerprint density at radius 2 is 1.91 bits per heavy atom. The topological polar surface area (TPSA) is 61.4 Å². The molecular weight excluding hydrogens is 278 g/mol. The fourth-order valence-corrected chi connectivity index (χ4v) is 2.85. The van der Waals surface area contributed by atoms with Crippen LogP contribution in [-0.4, -0.2) is 37.0 Å². The van der Waals surface area contributed by atoms with Gasteiger partial charge < -0.3 is 15.5 Å². The first-order valence-electron chi connectivity index (χ1n) is 7.86. The molecule has 0 aliphatic heterocycles. The minimum absolute atomic E-state index is 0.0787. The highest BCUT2D eigenvalue weighted by Gasteiger charge is 2.22. The molecule has 2 N–H and O–H groups in total. The van der Waals surface area contributed by atoms with Gasteiger partial charge >= 0.3 is 6.03 Å². The molecule has 0 bridgehead atoms. The quantitative estimate of drug-likeness (QED) is 0.901. The van der Waals surface area contributed by atoms with Crippen LogP contribution in [-0.2, 0) is 0 Å². The van der Waals surface area contributed by atoms with Crippen molar-refractivity contribution in [2.45, 2.75) is 38.6 Å². The Balaban J connectivity index is 1.96. The van der Waals surface area contributed by atoms with Crippen LogP contribution in [0.2, 0.25) is 0 Å². The van der Waals surface area contributed by atoms with Gasteiger partial charge in [-0.3, -0.25) is 4.79 Å². The van der Waals surface area contributed by atoms with Crippen molar-refractivity contribution in [1.82, 2.24) is 10.2 Å². The molecule has 1 aliphatic carbocycles. The number of urea groups is 1. The molecule has 5 nitrogen and oxygen atoms in total. The number of nitrogens with one attached hydrogen (secondary N) is 2. The maximum atomic E-state index is 12.1. The minimum atomic E-state index is -0.201. The fraction of sp³-hybridized carbons (Fsp3) is 0.529. The van der Waals surface area contributed by atoms with Crippen molar-refractivity contribution >= 4 is 17.6 Å². The molecular formula is C17H25N3O2. The molecule has 22 heavy (non-hydrogen) atoms. The molecule has 1 aromatic rings. The maximum absolute atomic E-state index is 12.1. The summed E-state index contributed by atoms with van der Waals surface area (Å²) >= 11 is 0. The molecule has 0 radical (unpaired) electrons. The number of nitrogens with zero attached hydrogens (tertiary/aromatic N) is 1. The van der Waals surface area contributed by atoms with Gasteiger partial charge in [0.05, 0.1) is 0 Å². The molecule has 0 unspecified atom stereocenters. The standard InChI is InChI=1S/C17H25N3O2/c1-12-7-4-5-10-15(12)19-17(22)18-14-9-6-8-13(11-14)16(21)20(2)3/h6,8-9,11-12,15H,4-5,7,10H2,1-3H3,(H2,18,19,22)/t12-,15-/m0/s1. The minimum Gasteiger partial charge on any atom is -0.345 e. The Kier molecular flexibility index (Phi) is 5.41. The highest BCUT2D eigenvalue weighted by molar-refractivity contribution is 5.96. The summed E-state index contributed by atoms with van der Waals surface area (Å²) in [5.74, 6) is 0.436. The van der Waals surface area contributed by atoms with Crippen molar-refractivity contribution in [1.29, 1.82) is 0 Å². The predicted octanol–water partition coefficient (Wildman–Crippen LogP) is 3.09. The highest BCUT2D eigenvalue weighted by Crippen LogP contribution is 2.23. The Morgan fingerprint density at radius 3 is 2.59 bits per heavy atom. The number of carbonyl (C=O) groups excluding carboxylic acids is 2. The molecule has 0 aromatic heterocycles. The smallest absolute Gasteiger partial charge is 0.319 e. The first kappa shape index (κ1) is 16.3. The Labute approximate surface area is 132 Å². The van der Waals surface area contributed by atoms with Crippen molar-refractivity contribution in [2.24, 2.45) is 5.92 Å². The van der Waals surface area contributed by atoms with Gasteiger partial charge in [0.1, 0.15) is 0 Å². The van der Waals surface area contributed by atoms with Gasteiger partial charge in [-0.1, -0.05) is 25.8 Å². The van der Waals surface area contributed by atoms with Crippen LogP contribution in [0.5, 0.6) is 0 Å². The van der Waals surface area contributed by atoms with Crippen molar-refractivity contribution < 1.29 is 9.59 Å². The lowest BCUT2D eigenvalue weighted by molar-refractivity contribution is 0.0827. The van der Waals surface area contributed by atoms with E-state index < -0.39 is 0 Å². The zero-order valence-corrected chi connectivity index (χ0v) is 13.6. The van der Waals surface area contributed by atoms with Gasteiger partial charge in [0.15, 0.2) is 0 Å². The third-order valence-corrected chi connectivity index (χ3v) is 4.20. The number of anilines is 1. The molecule has 0 spiro atoms.